The zero-order valence-electron chi connectivity index (χ0n) is 7.54. The van der Waals surface area contributed by atoms with Crippen molar-refractivity contribution in [1.29, 1.82) is 0 Å². The lowest BCUT2D eigenvalue weighted by atomic mass is 10.2. The molecule has 0 atom stereocenters. The van der Waals surface area contributed by atoms with E-state index < -0.39 is 0 Å². The number of tetrazole rings is 1. The van der Waals surface area contributed by atoms with Gasteiger partial charge in [-0.25, -0.2) is 4.98 Å². The zero-order chi connectivity index (χ0) is 9.80. The molecule has 2 heterocycles. The summed E-state index contributed by atoms with van der Waals surface area (Å²) < 4.78 is 1.51. The van der Waals surface area contributed by atoms with Crippen molar-refractivity contribution in [3.63, 3.8) is 0 Å². The topological polar surface area (TPSA) is 56.5 Å². The Labute approximate surface area is 81.1 Å². The molecule has 2 rings (SSSR count). The van der Waals surface area contributed by atoms with Gasteiger partial charge in [0.2, 0.25) is 0 Å². The molecule has 0 bridgehead atoms. The van der Waals surface area contributed by atoms with E-state index in [2.05, 4.69) is 27.1 Å². The molecule has 5 nitrogen and oxygen atoms in total. The Morgan fingerprint density at radius 3 is 2.93 bits per heavy atom. The minimum atomic E-state index is 0.711. The molecule has 70 valence electrons. The molecule has 5 heteroatoms. The predicted molar refractivity (Wildman–Crippen MR) is 50.9 cm³/mol. The molecule has 0 unspecified atom stereocenters. The number of rotatable bonds is 3. The third-order valence-corrected chi connectivity index (χ3v) is 1.77. The van der Waals surface area contributed by atoms with Crippen LogP contribution in [-0.2, 0) is 6.42 Å². The quantitative estimate of drug-likeness (QED) is 0.666. The summed E-state index contributed by atoms with van der Waals surface area (Å²) in [6.45, 7) is 3.66. The molecule has 0 saturated carbocycles. The third kappa shape index (κ3) is 1.66. The average molecular weight is 187 g/mol. The van der Waals surface area contributed by atoms with Gasteiger partial charge in [-0.2, -0.15) is 4.68 Å². The highest BCUT2D eigenvalue weighted by molar-refractivity contribution is 5.24. The Hall–Kier alpha value is -2.04. The molecule has 0 radical (unpaired) electrons. The molecule has 0 aromatic carbocycles. The van der Waals surface area contributed by atoms with Crippen molar-refractivity contribution in [2.45, 2.75) is 6.42 Å². The molecular weight excluding hydrogens is 178 g/mol. The standard InChI is InChI=1S/C9H9N5/c1-2-3-8-4-5-9(10-6-8)14-7-11-12-13-14/h2,4-7H,1,3H2. The maximum atomic E-state index is 4.21. The summed E-state index contributed by atoms with van der Waals surface area (Å²) in [5.74, 6) is 0.711. The number of allylic oxidation sites excluding steroid dienone is 1. The molecule has 0 amide bonds. The first kappa shape index (κ1) is 8.55. The minimum absolute atomic E-state index is 0.711. The van der Waals surface area contributed by atoms with Crippen LogP contribution in [0.1, 0.15) is 5.56 Å². The van der Waals surface area contributed by atoms with Gasteiger partial charge < -0.3 is 0 Å². The molecule has 0 aliphatic rings. The Kier molecular flexibility index (Phi) is 2.31. The van der Waals surface area contributed by atoms with Crippen molar-refractivity contribution in [1.82, 2.24) is 25.2 Å². The Morgan fingerprint density at radius 2 is 2.36 bits per heavy atom. The summed E-state index contributed by atoms with van der Waals surface area (Å²) in [5.41, 5.74) is 1.12. The molecular formula is C9H9N5. The number of nitrogens with zero attached hydrogens (tertiary/aromatic N) is 5. The van der Waals surface area contributed by atoms with Crippen LogP contribution in [0.25, 0.3) is 5.82 Å². The maximum absolute atomic E-state index is 4.21. The van der Waals surface area contributed by atoms with E-state index in [9.17, 15) is 0 Å². The summed E-state index contributed by atoms with van der Waals surface area (Å²) in [4.78, 5) is 4.21. The molecule has 14 heavy (non-hydrogen) atoms. The van der Waals surface area contributed by atoms with E-state index in [0.717, 1.165) is 12.0 Å². The SMILES string of the molecule is C=CCc1ccc(-n2cnnn2)nc1. The fraction of sp³-hybridized carbons (Fsp3) is 0.111. The highest BCUT2D eigenvalue weighted by Crippen LogP contribution is 2.04. The van der Waals surface area contributed by atoms with Crippen molar-refractivity contribution >= 4 is 0 Å². The summed E-state index contributed by atoms with van der Waals surface area (Å²) in [6, 6.07) is 3.85. The van der Waals surface area contributed by atoms with E-state index in [-0.39, 0.29) is 0 Å². The van der Waals surface area contributed by atoms with E-state index in [4.69, 9.17) is 0 Å². The molecule has 0 spiro atoms. The molecule has 0 saturated heterocycles. The van der Waals surface area contributed by atoms with Crippen LogP contribution in [0, 0.1) is 0 Å². The second kappa shape index (κ2) is 3.78. The van der Waals surface area contributed by atoms with E-state index in [0.29, 0.717) is 5.82 Å². The van der Waals surface area contributed by atoms with Gasteiger partial charge in [-0.05, 0) is 28.5 Å². The second-order valence-electron chi connectivity index (χ2n) is 2.77. The second-order valence-corrected chi connectivity index (χ2v) is 2.77. The van der Waals surface area contributed by atoms with Gasteiger partial charge >= 0.3 is 0 Å². The van der Waals surface area contributed by atoms with Gasteiger partial charge in [0, 0.05) is 6.20 Å². The van der Waals surface area contributed by atoms with Crippen molar-refractivity contribution < 1.29 is 0 Å². The average Bonchev–Trinajstić information content (AvgIpc) is 2.72. The monoisotopic (exact) mass is 187 g/mol. The van der Waals surface area contributed by atoms with Gasteiger partial charge in [0.15, 0.2) is 5.82 Å². The van der Waals surface area contributed by atoms with Crippen molar-refractivity contribution in [3.05, 3.63) is 42.9 Å². The molecule has 2 aromatic rings. The molecule has 0 N–H and O–H groups in total. The van der Waals surface area contributed by atoms with Gasteiger partial charge in [-0.3, -0.25) is 0 Å². The smallest absolute Gasteiger partial charge is 0.156 e. The first-order valence-corrected chi connectivity index (χ1v) is 4.19. The maximum Gasteiger partial charge on any atom is 0.156 e. The van der Waals surface area contributed by atoms with Crippen LogP contribution in [-0.4, -0.2) is 25.2 Å². The van der Waals surface area contributed by atoms with Crippen molar-refractivity contribution in [2.24, 2.45) is 0 Å². The normalized spacial score (nSPS) is 10.0. The van der Waals surface area contributed by atoms with E-state index in [1.807, 2.05) is 18.2 Å². The van der Waals surface area contributed by atoms with Crippen molar-refractivity contribution in [2.75, 3.05) is 0 Å². The molecule has 2 aromatic heterocycles. The first-order valence-electron chi connectivity index (χ1n) is 4.19. The lowest BCUT2D eigenvalue weighted by Crippen LogP contribution is -1.98. The van der Waals surface area contributed by atoms with Gasteiger partial charge in [0.25, 0.3) is 0 Å². The predicted octanol–water partition coefficient (Wildman–Crippen LogP) is 0.786. The summed E-state index contributed by atoms with van der Waals surface area (Å²) in [6.07, 6.45) is 5.96. The van der Waals surface area contributed by atoms with Crippen LogP contribution >= 0.6 is 0 Å². The van der Waals surface area contributed by atoms with E-state index in [1.54, 1.807) is 6.20 Å². The summed E-state index contributed by atoms with van der Waals surface area (Å²) in [5, 5.41) is 10.8. The van der Waals surface area contributed by atoms with Crippen LogP contribution in [0.4, 0.5) is 0 Å². The van der Waals surface area contributed by atoms with Crippen LogP contribution in [0.2, 0.25) is 0 Å². The molecule has 0 aliphatic carbocycles. The minimum Gasteiger partial charge on any atom is -0.237 e. The van der Waals surface area contributed by atoms with Crippen LogP contribution in [0.5, 0.6) is 0 Å². The molecule has 0 aliphatic heterocycles. The highest BCUT2D eigenvalue weighted by Gasteiger charge is 1.98. The number of hydrogen-bond acceptors (Lipinski definition) is 4. The lowest BCUT2D eigenvalue weighted by molar-refractivity contribution is 0.770. The van der Waals surface area contributed by atoms with Crippen LogP contribution < -0.4 is 0 Å². The Bertz CT molecular complexity index is 403. The lowest BCUT2D eigenvalue weighted by Gasteiger charge is -1.99. The fourth-order valence-electron chi connectivity index (χ4n) is 1.11. The number of pyridine rings is 1. The van der Waals surface area contributed by atoms with E-state index in [1.165, 1.54) is 11.0 Å². The number of hydrogen-bond donors (Lipinski definition) is 0. The van der Waals surface area contributed by atoms with Gasteiger partial charge in [0.05, 0.1) is 0 Å². The summed E-state index contributed by atoms with van der Waals surface area (Å²) in [7, 11) is 0. The van der Waals surface area contributed by atoms with Gasteiger partial charge in [-0.1, -0.05) is 12.1 Å². The first-order chi connectivity index (χ1) is 6.90. The molecule has 0 fully saturated rings. The Balaban J connectivity index is 2.26. The van der Waals surface area contributed by atoms with Gasteiger partial charge in [-0.15, -0.1) is 11.7 Å². The Morgan fingerprint density at radius 1 is 1.43 bits per heavy atom. The fourth-order valence-corrected chi connectivity index (χ4v) is 1.11. The van der Waals surface area contributed by atoms with Crippen LogP contribution in [0.3, 0.4) is 0 Å². The van der Waals surface area contributed by atoms with Gasteiger partial charge in [0.1, 0.15) is 6.33 Å². The van der Waals surface area contributed by atoms with E-state index >= 15 is 0 Å². The summed E-state index contributed by atoms with van der Waals surface area (Å²) >= 11 is 0. The zero-order valence-corrected chi connectivity index (χ0v) is 7.54. The largest absolute Gasteiger partial charge is 0.237 e. The van der Waals surface area contributed by atoms with Crippen LogP contribution in [0.15, 0.2) is 37.3 Å². The highest BCUT2D eigenvalue weighted by atomic mass is 15.5. The third-order valence-electron chi connectivity index (χ3n) is 1.77. The van der Waals surface area contributed by atoms with Crippen molar-refractivity contribution in [3.8, 4) is 5.82 Å². The number of aromatic nitrogens is 5.